The smallest absolute Gasteiger partial charge is 0.335 e. The van der Waals surface area contributed by atoms with Crippen LogP contribution >= 0.6 is 0 Å². The summed E-state index contributed by atoms with van der Waals surface area (Å²) in [4.78, 5) is 22.3. The molecule has 1 aromatic rings. The predicted molar refractivity (Wildman–Crippen MR) is 68.1 cm³/mol. The normalized spacial score (nSPS) is 11.1. The molecule has 0 aliphatic carbocycles. The molecule has 18 heavy (non-hydrogen) atoms. The minimum atomic E-state index is -0.980. The van der Waals surface area contributed by atoms with Crippen LogP contribution < -0.4 is 11.1 Å². The van der Waals surface area contributed by atoms with Gasteiger partial charge in [0, 0.05) is 18.5 Å². The summed E-state index contributed by atoms with van der Waals surface area (Å²) in [5.74, 6) is -1.13. The van der Waals surface area contributed by atoms with E-state index in [0.717, 1.165) is 5.56 Å². The van der Waals surface area contributed by atoms with Crippen molar-refractivity contribution in [1.82, 2.24) is 5.32 Å². The molecule has 0 aliphatic rings. The van der Waals surface area contributed by atoms with Crippen LogP contribution in [-0.2, 0) is 11.3 Å². The van der Waals surface area contributed by atoms with Crippen LogP contribution in [0.4, 0.5) is 0 Å². The first-order valence-electron chi connectivity index (χ1n) is 5.66. The fourth-order valence-corrected chi connectivity index (χ4v) is 1.49. The molecule has 1 aromatic carbocycles. The Bertz CT molecular complexity index is 450. The van der Waals surface area contributed by atoms with E-state index in [1.54, 1.807) is 26.0 Å². The van der Waals surface area contributed by atoms with Gasteiger partial charge >= 0.3 is 5.97 Å². The summed E-state index contributed by atoms with van der Waals surface area (Å²) in [5.41, 5.74) is 6.14. The van der Waals surface area contributed by atoms with Crippen LogP contribution in [-0.4, -0.2) is 22.5 Å². The predicted octanol–water partition coefficient (Wildman–Crippen LogP) is 1.13. The van der Waals surface area contributed by atoms with Gasteiger partial charge in [0.1, 0.15) is 0 Å². The Kier molecular flexibility index (Phi) is 4.44. The maximum atomic E-state index is 11.5. The Balaban J connectivity index is 2.56. The summed E-state index contributed by atoms with van der Waals surface area (Å²) >= 11 is 0. The highest BCUT2D eigenvalue weighted by atomic mass is 16.4. The van der Waals surface area contributed by atoms with Crippen LogP contribution in [0.3, 0.4) is 0 Å². The first kappa shape index (κ1) is 14.2. The highest BCUT2D eigenvalue weighted by Crippen LogP contribution is 2.06. The van der Waals surface area contributed by atoms with E-state index in [1.807, 2.05) is 0 Å². The fraction of sp³-hybridized carbons (Fsp3) is 0.385. The number of aromatic carboxylic acids is 1. The van der Waals surface area contributed by atoms with E-state index >= 15 is 0 Å². The molecule has 1 rings (SSSR count). The van der Waals surface area contributed by atoms with E-state index < -0.39 is 11.5 Å². The molecule has 4 N–H and O–H groups in total. The van der Waals surface area contributed by atoms with Crippen molar-refractivity contribution < 1.29 is 14.7 Å². The SMILES string of the molecule is CC(C)(N)CC(=O)NCc1cccc(C(=O)O)c1. The van der Waals surface area contributed by atoms with Gasteiger partial charge in [0.15, 0.2) is 0 Å². The second-order valence-corrected chi connectivity index (χ2v) is 4.95. The highest BCUT2D eigenvalue weighted by molar-refractivity contribution is 5.87. The molecule has 0 saturated carbocycles. The number of carbonyl (C=O) groups is 2. The standard InChI is InChI=1S/C13H18N2O3/c1-13(2,14)7-11(16)15-8-9-4-3-5-10(6-9)12(17)18/h3-6H,7-8,14H2,1-2H3,(H,15,16)(H,17,18). The van der Waals surface area contributed by atoms with Gasteiger partial charge in [0.2, 0.25) is 5.91 Å². The summed E-state index contributed by atoms with van der Waals surface area (Å²) in [6, 6.07) is 6.46. The molecule has 0 spiro atoms. The average molecular weight is 250 g/mol. The lowest BCUT2D eigenvalue weighted by atomic mass is 10.0. The van der Waals surface area contributed by atoms with Crippen molar-refractivity contribution >= 4 is 11.9 Å². The van der Waals surface area contributed by atoms with Crippen LogP contribution in [0.25, 0.3) is 0 Å². The summed E-state index contributed by atoms with van der Waals surface area (Å²) in [6.45, 7) is 3.85. The number of amides is 1. The third kappa shape index (κ3) is 4.97. The minimum absolute atomic E-state index is 0.150. The first-order chi connectivity index (χ1) is 8.28. The van der Waals surface area contributed by atoms with Gasteiger partial charge in [0.25, 0.3) is 0 Å². The van der Waals surface area contributed by atoms with Gasteiger partial charge in [-0.05, 0) is 31.5 Å². The van der Waals surface area contributed by atoms with Gasteiger partial charge in [-0.1, -0.05) is 12.1 Å². The lowest BCUT2D eigenvalue weighted by Crippen LogP contribution is -2.38. The number of nitrogens with one attached hydrogen (secondary N) is 1. The molecule has 0 fully saturated rings. The number of hydrogen-bond acceptors (Lipinski definition) is 3. The highest BCUT2D eigenvalue weighted by Gasteiger charge is 2.15. The van der Waals surface area contributed by atoms with Crippen molar-refractivity contribution in [2.45, 2.75) is 32.4 Å². The van der Waals surface area contributed by atoms with Crippen molar-refractivity contribution in [3.05, 3.63) is 35.4 Å². The van der Waals surface area contributed by atoms with Crippen LogP contribution in [0.2, 0.25) is 0 Å². The minimum Gasteiger partial charge on any atom is -0.478 e. The zero-order valence-corrected chi connectivity index (χ0v) is 10.6. The summed E-state index contributed by atoms with van der Waals surface area (Å²) < 4.78 is 0. The molecule has 0 aromatic heterocycles. The average Bonchev–Trinajstić information content (AvgIpc) is 2.24. The number of hydrogen-bond donors (Lipinski definition) is 3. The maximum absolute atomic E-state index is 11.5. The van der Waals surface area contributed by atoms with E-state index in [4.69, 9.17) is 10.8 Å². The van der Waals surface area contributed by atoms with Gasteiger partial charge in [0.05, 0.1) is 5.56 Å². The number of nitrogens with two attached hydrogens (primary N) is 1. The first-order valence-corrected chi connectivity index (χ1v) is 5.66. The van der Waals surface area contributed by atoms with Crippen LogP contribution in [0.5, 0.6) is 0 Å². The lowest BCUT2D eigenvalue weighted by Gasteiger charge is -2.17. The van der Waals surface area contributed by atoms with Crippen LogP contribution in [0, 0.1) is 0 Å². The molecular formula is C13H18N2O3. The second-order valence-electron chi connectivity index (χ2n) is 4.95. The largest absolute Gasteiger partial charge is 0.478 e. The molecule has 0 heterocycles. The quantitative estimate of drug-likeness (QED) is 0.730. The lowest BCUT2D eigenvalue weighted by molar-refractivity contribution is -0.122. The third-order valence-electron chi connectivity index (χ3n) is 2.28. The molecule has 5 heteroatoms. The number of carboxylic acids is 1. The van der Waals surface area contributed by atoms with E-state index in [0.29, 0.717) is 6.54 Å². The van der Waals surface area contributed by atoms with Gasteiger partial charge in [-0.3, -0.25) is 4.79 Å². The Morgan fingerprint density at radius 3 is 2.61 bits per heavy atom. The number of rotatable bonds is 5. The van der Waals surface area contributed by atoms with E-state index in [-0.39, 0.29) is 17.9 Å². The number of carbonyl (C=O) groups excluding carboxylic acids is 1. The van der Waals surface area contributed by atoms with Crippen molar-refractivity contribution in [1.29, 1.82) is 0 Å². The third-order valence-corrected chi connectivity index (χ3v) is 2.28. The molecular weight excluding hydrogens is 232 g/mol. The maximum Gasteiger partial charge on any atom is 0.335 e. The van der Waals surface area contributed by atoms with E-state index in [2.05, 4.69) is 5.32 Å². The Morgan fingerprint density at radius 1 is 1.39 bits per heavy atom. The van der Waals surface area contributed by atoms with Crippen molar-refractivity contribution in [2.75, 3.05) is 0 Å². The fourth-order valence-electron chi connectivity index (χ4n) is 1.49. The van der Waals surface area contributed by atoms with E-state index in [9.17, 15) is 9.59 Å². The van der Waals surface area contributed by atoms with Crippen molar-refractivity contribution in [3.63, 3.8) is 0 Å². The van der Waals surface area contributed by atoms with Gasteiger partial charge < -0.3 is 16.2 Å². The number of carboxylic acid groups (broad SMARTS) is 1. The zero-order valence-electron chi connectivity index (χ0n) is 10.6. The Labute approximate surface area is 106 Å². The summed E-state index contributed by atoms with van der Waals surface area (Å²) in [7, 11) is 0. The van der Waals surface area contributed by atoms with Gasteiger partial charge in [-0.15, -0.1) is 0 Å². The Hall–Kier alpha value is -1.88. The van der Waals surface area contributed by atoms with Crippen LogP contribution in [0.15, 0.2) is 24.3 Å². The van der Waals surface area contributed by atoms with Crippen molar-refractivity contribution in [3.8, 4) is 0 Å². The van der Waals surface area contributed by atoms with Gasteiger partial charge in [-0.25, -0.2) is 4.79 Å². The monoisotopic (exact) mass is 250 g/mol. The summed E-state index contributed by atoms with van der Waals surface area (Å²) in [5, 5.41) is 11.5. The second kappa shape index (κ2) is 5.64. The topological polar surface area (TPSA) is 92.4 Å². The summed E-state index contributed by atoms with van der Waals surface area (Å²) in [6.07, 6.45) is 0.228. The molecule has 0 aliphatic heterocycles. The molecule has 5 nitrogen and oxygen atoms in total. The molecule has 0 saturated heterocycles. The van der Waals surface area contributed by atoms with Crippen LogP contribution in [0.1, 0.15) is 36.2 Å². The molecule has 0 atom stereocenters. The van der Waals surface area contributed by atoms with E-state index in [1.165, 1.54) is 12.1 Å². The zero-order chi connectivity index (χ0) is 13.8. The molecule has 1 amide bonds. The van der Waals surface area contributed by atoms with Crippen molar-refractivity contribution in [2.24, 2.45) is 5.73 Å². The molecule has 0 unspecified atom stereocenters. The molecule has 0 radical (unpaired) electrons. The molecule has 98 valence electrons. The van der Waals surface area contributed by atoms with Gasteiger partial charge in [-0.2, -0.15) is 0 Å². The Morgan fingerprint density at radius 2 is 2.06 bits per heavy atom. The number of benzene rings is 1. The molecule has 0 bridgehead atoms.